The molecule has 150 valence electrons. The Morgan fingerprint density at radius 2 is 1.86 bits per heavy atom. The molecule has 1 atom stereocenters. The van der Waals surface area contributed by atoms with Crippen molar-refractivity contribution in [3.05, 3.63) is 35.4 Å². The first kappa shape index (κ1) is 19.7. The zero-order chi connectivity index (χ0) is 20.7. The number of ether oxygens (including phenoxy) is 1. The summed E-state index contributed by atoms with van der Waals surface area (Å²) in [4.78, 5) is 51.4. The van der Waals surface area contributed by atoms with Gasteiger partial charge in [-0.15, -0.1) is 0 Å². The summed E-state index contributed by atoms with van der Waals surface area (Å²) >= 11 is 0. The number of nitrogens with zero attached hydrogens (tertiary/aromatic N) is 2. The van der Waals surface area contributed by atoms with Crippen LogP contribution in [0.5, 0.6) is 0 Å². The van der Waals surface area contributed by atoms with Gasteiger partial charge in [-0.05, 0) is 44.9 Å². The van der Waals surface area contributed by atoms with Crippen molar-refractivity contribution in [2.45, 2.75) is 44.9 Å². The lowest BCUT2D eigenvalue weighted by Crippen LogP contribution is -2.50. The number of urea groups is 1. The fourth-order valence-corrected chi connectivity index (χ4v) is 3.35. The van der Waals surface area contributed by atoms with E-state index >= 15 is 0 Å². The van der Waals surface area contributed by atoms with Gasteiger partial charge in [-0.1, -0.05) is 12.1 Å². The number of likely N-dealkylation sites (tertiary alicyclic amines) is 1. The van der Waals surface area contributed by atoms with Crippen LogP contribution < -0.4 is 11.1 Å². The van der Waals surface area contributed by atoms with E-state index in [1.165, 1.54) is 4.90 Å². The third kappa shape index (κ3) is 3.78. The smallest absolute Gasteiger partial charge is 0.410 e. The summed E-state index contributed by atoms with van der Waals surface area (Å²) in [7, 11) is 0. The number of rotatable bonds is 3. The summed E-state index contributed by atoms with van der Waals surface area (Å²) in [6.07, 6.45) is -0.180. The molecule has 1 aromatic rings. The second kappa shape index (κ2) is 6.81. The molecule has 2 heterocycles. The molecule has 9 nitrogen and oxygen atoms in total. The Morgan fingerprint density at radius 1 is 1.21 bits per heavy atom. The molecule has 1 spiro atoms. The molecule has 1 aromatic carbocycles. The third-order valence-electron chi connectivity index (χ3n) is 4.75. The lowest BCUT2D eigenvalue weighted by atomic mass is 9.99. The van der Waals surface area contributed by atoms with Crippen molar-refractivity contribution in [3.8, 4) is 0 Å². The molecule has 28 heavy (non-hydrogen) atoms. The fraction of sp³-hybridized carbons (Fsp3) is 0.474. The van der Waals surface area contributed by atoms with E-state index in [2.05, 4.69) is 5.32 Å². The van der Waals surface area contributed by atoms with E-state index in [0.717, 1.165) is 4.90 Å². The van der Waals surface area contributed by atoms with Gasteiger partial charge < -0.3 is 20.7 Å². The summed E-state index contributed by atoms with van der Waals surface area (Å²) in [5.41, 5.74) is 4.49. The summed E-state index contributed by atoms with van der Waals surface area (Å²) in [5, 5.41) is 2.74. The van der Waals surface area contributed by atoms with Crippen molar-refractivity contribution in [1.29, 1.82) is 0 Å². The molecular formula is C19H24N4O5. The van der Waals surface area contributed by atoms with Crippen molar-refractivity contribution in [1.82, 2.24) is 15.1 Å². The predicted molar refractivity (Wildman–Crippen MR) is 99.2 cm³/mol. The molecule has 2 saturated heterocycles. The first-order chi connectivity index (χ1) is 13.0. The highest BCUT2D eigenvalue weighted by Crippen LogP contribution is 2.30. The largest absolute Gasteiger partial charge is 0.444 e. The van der Waals surface area contributed by atoms with Crippen LogP contribution in [-0.4, -0.2) is 58.0 Å². The van der Waals surface area contributed by atoms with Gasteiger partial charge in [-0.2, -0.15) is 0 Å². The van der Waals surface area contributed by atoms with Crippen LogP contribution in [0, 0.1) is 0 Å². The number of carbonyl (C=O) groups excluding carboxylic acids is 4. The average molecular weight is 388 g/mol. The summed E-state index contributed by atoms with van der Waals surface area (Å²) in [6, 6.07) is 5.88. The average Bonchev–Trinajstić information content (AvgIpc) is 3.11. The van der Waals surface area contributed by atoms with Crippen molar-refractivity contribution in [2.24, 2.45) is 5.73 Å². The lowest BCUT2D eigenvalue weighted by Gasteiger charge is -2.25. The predicted octanol–water partition coefficient (Wildman–Crippen LogP) is 1.22. The Balaban J connectivity index is 1.70. The highest BCUT2D eigenvalue weighted by atomic mass is 16.6. The summed E-state index contributed by atoms with van der Waals surface area (Å²) in [5.74, 6) is -0.920. The van der Waals surface area contributed by atoms with Gasteiger partial charge in [0.15, 0.2) is 0 Å². The molecule has 0 unspecified atom stereocenters. The number of hydrogen-bond acceptors (Lipinski definition) is 5. The maximum absolute atomic E-state index is 13.0. The van der Waals surface area contributed by atoms with Gasteiger partial charge in [0, 0.05) is 12.1 Å². The number of amides is 5. The molecule has 0 aliphatic carbocycles. The zero-order valence-corrected chi connectivity index (χ0v) is 16.2. The number of imide groups is 1. The topological polar surface area (TPSA) is 122 Å². The van der Waals surface area contributed by atoms with Gasteiger partial charge in [0.05, 0.1) is 13.1 Å². The standard InChI is InChI=1S/C19H24N4O5/c1-18(2,3)28-17(27)22-9-8-19(11-22)15(25)23(16(26)21-19)10-12-4-6-13(7-5-12)14(20)24/h4-7H,8-11H2,1-3H3,(H2,20,24)(H,21,26)/t19-/m1/s1. The Labute approximate surface area is 162 Å². The second-order valence-electron chi connectivity index (χ2n) is 8.12. The highest BCUT2D eigenvalue weighted by Gasteiger charge is 2.55. The van der Waals surface area contributed by atoms with Gasteiger partial charge >= 0.3 is 12.1 Å². The van der Waals surface area contributed by atoms with Crippen molar-refractivity contribution >= 4 is 23.9 Å². The molecule has 0 saturated carbocycles. The maximum Gasteiger partial charge on any atom is 0.410 e. The van der Waals surface area contributed by atoms with Gasteiger partial charge in [0.2, 0.25) is 5.91 Å². The van der Waals surface area contributed by atoms with Crippen molar-refractivity contribution in [2.75, 3.05) is 13.1 Å². The SMILES string of the molecule is CC(C)(C)OC(=O)N1CC[C@]2(C1)NC(=O)N(Cc1ccc(C(N)=O)cc1)C2=O. The highest BCUT2D eigenvalue weighted by molar-refractivity contribution is 6.07. The normalized spacial score (nSPS) is 22.0. The maximum atomic E-state index is 13.0. The molecule has 5 amide bonds. The molecule has 0 aromatic heterocycles. The van der Waals surface area contributed by atoms with Gasteiger partial charge in [0.25, 0.3) is 5.91 Å². The van der Waals surface area contributed by atoms with Crippen LogP contribution in [0.1, 0.15) is 43.1 Å². The Morgan fingerprint density at radius 3 is 2.43 bits per heavy atom. The molecule has 2 aliphatic heterocycles. The number of carbonyl (C=O) groups is 4. The number of primary amides is 1. The van der Waals surface area contributed by atoms with Gasteiger partial charge in [-0.25, -0.2) is 9.59 Å². The Kier molecular flexibility index (Phi) is 4.78. The van der Waals surface area contributed by atoms with Crippen LogP contribution in [0.3, 0.4) is 0 Å². The van der Waals surface area contributed by atoms with Crippen LogP contribution in [0.25, 0.3) is 0 Å². The third-order valence-corrected chi connectivity index (χ3v) is 4.75. The van der Waals surface area contributed by atoms with Crippen LogP contribution >= 0.6 is 0 Å². The minimum Gasteiger partial charge on any atom is -0.444 e. The number of hydrogen-bond donors (Lipinski definition) is 2. The molecule has 9 heteroatoms. The Hall–Kier alpha value is -3.10. The van der Waals surface area contributed by atoms with E-state index in [4.69, 9.17) is 10.5 Å². The molecule has 2 aliphatic rings. The molecule has 3 rings (SSSR count). The zero-order valence-electron chi connectivity index (χ0n) is 16.2. The molecule has 2 fully saturated rings. The second-order valence-corrected chi connectivity index (χ2v) is 8.12. The van der Waals surface area contributed by atoms with E-state index < -0.39 is 29.2 Å². The molecule has 0 radical (unpaired) electrons. The Bertz CT molecular complexity index is 830. The fourth-order valence-electron chi connectivity index (χ4n) is 3.35. The summed E-state index contributed by atoms with van der Waals surface area (Å²) in [6.45, 7) is 5.77. The van der Waals surface area contributed by atoms with E-state index in [-0.39, 0.29) is 19.0 Å². The summed E-state index contributed by atoms with van der Waals surface area (Å²) < 4.78 is 5.35. The van der Waals surface area contributed by atoms with Crippen LogP contribution in [0.4, 0.5) is 9.59 Å². The van der Waals surface area contributed by atoms with Crippen LogP contribution in [0.15, 0.2) is 24.3 Å². The minimum absolute atomic E-state index is 0.0674. The first-order valence-corrected chi connectivity index (χ1v) is 9.01. The number of nitrogens with one attached hydrogen (secondary N) is 1. The van der Waals surface area contributed by atoms with E-state index in [1.807, 2.05) is 0 Å². The number of nitrogens with two attached hydrogens (primary N) is 1. The molecule has 3 N–H and O–H groups in total. The van der Waals surface area contributed by atoms with Gasteiger partial charge in [-0.3, -0.25) is 14.5 Å². The quantitative estimate of drug-likeness (QED) is 0.754. The minimum atomic E-state index is -1.12. The molecule has 0 bridgehead atoms. The number of benzene rings is 1. The van der Waals surface area contributed by atoms with E-state index in [1.54, 1.807) is 45.0 Å². The van der Waals surface area contributed by atoms with E-state index in [0.29, 0.717) is 24.1 Å². The van der Waals surface area contributed by atoms with Gasteiger partial charge in [0.1, 0.15) is 11.1 Å². The molecular weight excluding hydrogens is 364 g/mol. The van der Waals surface area contributed by atoms with Crippen LogP contribution in [0.2, 0.25) is 0 Å². The van der Waals surface area contributed by atoms with Crippen molar-refractivity contribution < 1.29 is 23.9 Å². The van der Waals surface area contributed by atoms with Crippen molar-refractivity contribution in [3.63, 3.8) is 0 Å². The van der Waals surface area contributed by atoms with E-state index in [9.17, 15) is 19.2 Å². The first-order valence-electron chi connectivity index (χ1n) is 9.01. The lowest BCUT2D eigenvalue weighted by molar-refractivity contribution is -0.131. The monoisotopic (exact) mass is 388 g/mol. The van der Waals surface area contributed by atoms with Crippen LogP contribution in [-0.2, 0) is 16.1 Å².